The number of piperazine rings is 1. The second kappa shape index (κ2) is 7.88. The quantitative estimate of drug-likeness (QED) is 0.657. The highest BCUT2D eigenvalue weighted by atomic mass is 16.5. The average Bonchev–Trinajstić information content (AvgIpc) is 3.63. The molecule has 0 aromatic heterocycles. The fraction of sp³-hybridized carbons (Fsp3) is 0.320. The minimum atomic E-state index is 0.0578. The van der Waals surface area contributed by atoms with Gasteiger partial charge in [0.25, 0.3) is 5.91 Å². The van der Waals surface area contributed by atoms with Crippen LogP contribution in [0.15, 0.2) is 72.8 Å². The lowest BCUT2D eigenvalue weighted by Crippen LogP contribution is -2.52. The topological polar surface area (TPSA) is 32.8 Å². The predicted octanol–water partition coefficient (Wildman–Crippen LogP) is 4.27. The second-order valence-corrected chi connectivity index (χ2v) is 8.04. The second-order valence-electron chi connectivity index (χ2n) is 8.04. The molecule has 29 heavy (non-hydrogen) atoms. The molecule has 2 fully saturated rings. The van der Waals surface area contributed by atoms with Crippen LogP contribution in [0.4, 0.5) is 0 Å². The molecule has 1 aliphatic carbocycles. The summed E-state index contributed by atoms with van der Waals surface area (Å²) in [4.78, 5) is 17.6. The normalized spacial score (nSPS) is 20.0. The molecule has 1 unspecified atom stereocenters. The molecule has 148 valence electrons. The Hall–Kier alpha value is -2.85. The minimum absolute atomic E-state index is 0.0578. The maximum absolute atomic E-state index is 13.1. The van der Waals surface area contributed by atoms with E-state index in [1.165, 1.54) is 23.8 Å². The van der Waals surface area contributed by atoms with Gasteiger partial charge in [-0.3, -0.25) is 9.69 Å². The number of hydrogen-bond donors (Lipinski definition) is 0. The Labute approximate surface area is 171 Å². The summed E-state index contributed by atoms with van der Waals surface area (Å²) in [7, 11) is 0. The van der Waals surface area contributed by atoms with Crippen molar-refractivity contribution in [2.45, 2.75) is 24.9 Å². The van der Waals surface area contributed by atoms with Crippen molar-refractivity contribution >= 4 is 16.7 Å². The lowest BCUT2D eigenvalue weighted by Gasteiger charge is -2.42. The molecule has 1 saturated heterocycles. The lowest BCUT2D eigenvalue weighted by molar-refractivity contribution is -0.138. The van der Waals surface area contributed by atoms with Crippen molar-refractivity contribution < 1.29 is 9.53 Å². The van der Waals surface area contributed by atoms with Crippen LogP contribution in [0.1, 0.15) is 24.4 Å². The van der Waals surface area contributed by atoms with E-state index in [2.05, 4.69) is 41.3 Å². The first-order valence-electron chi connectivity index (χ1n) is 10.5. The van der Waals surface area contributed by atoms with Crippen molar-refractivity contribution in [2.24, 2.45) is 0 Å². The van der Waals surface area contributed by atoms with Crippen molar-refractivity contribution in [1.82, 2.24) is 9.80 Å². The number of fused-ring (bicyclic) bond motifs is 1. The van der Waals surface area contributed by atoms with Crippen molar-refractivity contribution in [1.29, 1.82) is 0 Å². The highest BCUT2D eigenvalue weighted by Gasteiger charge is 2.37. The zero-order valence-corrected chi connectivity index (χ0v) is 16.5. The zero-order chi connectivity index (χ0) is 19.6. The van der Waals surface area contributed by atoms with E-state index >= 15 is 0 Å². The predicted molar refractivity (Wildman–Crippen MR) is 115 cm³/mol. The summed E-state index contributed by atoms with van der Waals surface area (Å²) in [5, 5.41) is 2.30. The van der Waals surface area contributed by atoms with E-state index in [9.17, 15) is 4.79 Å². The summed E-state index contributed by atoms with van der Waals surface area (Å²) in [5.41, 5.74) is 1.21. The van der Waals surface area contributed by atoms with Gasteiger partial charge in [-0.15, -0.1) is 0 Å². The Morgan fingerprint density at radius 2 is 1.66 bits per heavy atom. The smallest absolute Gasteiger partial charge is 0.261 e. The third-order valence-electron chi connectivity index (χ3n) is 6.06. The van der Waals surface area contributed by atoms with Gasteiger partial charge in [-0.05, 0) is 41.3 Å². The molecule has 4 nitrogen and oxygen atoms in total. The van der Waals surface area contributed by atoms with Gasteiger partial charge in [-0.1, -0.05) is 60.7 Å². The molecule has 2 aliphatic rings. The number of carbonyl (C=O) groups excluding carboxylic acids is 1. The number of hydrogen-bond acceptors (Lipinski definition) is 3. The van der Waals surface area contributed by atoms with Gasteiger partial charge in [0.2, 0.25) is 0 Å². The van der Waals surface area contributed by atoms with Gasteiger partial charge in [-0.25, -0.2) is 0 Å². The van der Waals surface area contributed by atoms with Crippen molar-refractivity contribution in [3.8, 4) is 5.75 Å². The highest BCUT2D eigenvalue weighted by Crippen LogP contribution is 2.33. The third kappa shape index (κ3) is 3.99. The van der Waals surface area contributed by atoms with E-state index in [0.29, 0.717) is 6.04 Å². The van der Waals surface area contributed by atoms with E-state index in [0.717, 1.165) is 30.8 Å². The molecule has 1 amide bonds. The fourth-order valence-electron chi connectivity index (χ4n) is 4.32. The largest absolute Gasteiger partial charge is 0.484 e. The van der Waals surface area contributed by atoms with Crippen molar-refractivity contribution in [2.75, 3.05) is 26.2 Å². The van der Waals surface area contributed by atoms with Crippen LogP contribution < -0.4 is 4.74 Å². The molecule has 1 heterocycles. The third-order valence-corrected chi connectivity index (χ3v) is 6.06. The number of rotatable bonds is 5. The van der Waals surface area contributed by atoms with Gasteiger partial charge in [0.15, 0.2) is 6.61 Å². The summed E-state index contributed by atoms with van der Waals surface area (Å²) >= 11 is 0. The summed E-state index contributed by atoms with van der Waals surface area (Å²) in [6, 6.07) is 25.4. The summed E-state index contributed by atoms with van der Waals surface area (Å²) in [6.07, 6.45) is 2.58. The first-order valence-corrected chi connectivity index (χ1v) is 10.5. The molecule has 3 aromatic rings. The van der Waals surface area contributed by atoms with Crippen LogP contribution in [0.2, 0.25) is 0 Å². The molecule has 1 aliphatic heterocycles. The molecule has 0 N–H and O–H groups in total. The van der Waals surface area contributed by atoms with Crippen LogP contribution in [-0.2, 0) is 4.79 Å². The Balaban J connectivity index is 1.30. The Morgan fingerprint density at radius 1 is 0.897 bits per heavy atom. The van der Waals surface area contributed by atoms with E-state index in [1.807, 2.05) is 41.3 Å². The van der Waals surface area contributed by atoms with Crippen molar-refractivity contribution in [3.63, 3.8) is 0 Å². The molecule has 0 radical (unpaired) electrons. The van der Waals surface area contributed by atoms with Crippen LogP contribution in [-0.4, -0.2) is 48.0 Å². The van der Waals surface area contributed by atoms with Crippen molar-refractivity contribution in [3.05, 3.63) is 78.4 Å². The van der Waals surface area contributed by atoms with Crippen LogP contribution in [0.3, 0.4) is 0 Å². The van der Waals surface area contributed by atoms with E-state index in [1.54, 1.807) is 0 Å². The molecular weight excluding hydrogens is 360 g/mol. The number of benzene rings is 3. The van der Waals surface area contributed by atoms with Gasteiger partial charge < -0.3 is 9.64 Å². The fourth-order valence-corrected chi connectivity index (χ4v) is 4.32. The van der Waals surface area contributed by atoms with Gasteiger partial charge >= 0.3 is 0 Å². The molecule has 0 spiro atoms. The van der Waals surface area contributed by atoms with Crippen LogP contribution in [0, 0.1) is 0 Å². The number of ether oxygens (including phenoxy) is 1. The first-order chi connectivity index (χ1) is 14.3. The number of nitrogens with zero attached hydrogens (tertiary/aromatic N) is 2. The molecule has 4 heteroatoms. The lowest BCUT2D eigenvalue weighted by atomic mass is 10.0. The van der Waals surface area contributed by atoms with E-state index < -0.39 is 0 Å². The molecule has 1 atom stereocenters. The van der Waals surface area contributed by atoms with Gasteiger partial charge in [0.1, 0.15) is 5.75 Å². The Kier molecular flexibility index (Phi) is 4.94. The van der Waals surface area contributed by atoms with E-state index in [-0.39, 0.29) is 18.6 Å². The van der Waals surface area contributed by atoms with Crippen LogP contribution in [0.5, 0.6) is 5.75 Å². The van der Waals surface area contributed by atoms with Gasteiger partial charge in [0, 0.05) is 25.7 Å². The Bertz CT molecular complexity index is 1000. The maximum atomic E-state index is 13.1. The molecule has 3 aromatic carbocycles. The van der Waals surface area contributed by atoms with Crippen LogP contribution >= 0.6 is 0 Å². The highest BCUT2D eigenvalue weighted by molar-refractivity contribution is 5.84. The number of carbonyl (C=O) groups is 1. The SMILES string of the molecule is O=C(COc1ccc2ccccc2c1)N1CCN(C2CC2)CC1c1ccccc1. The Morgan fingerprint density at radius 3 is 2.45 bits per heavy atom. The monoisotopic (exact) mass is 386 g/mol. The molecule has 5 rings (SSSR count). The van der Waals surface area contributed by atoms with Gasteiger partial charge in [0.05, 0.1) is 6.04 Å². The van der Waals surface area contributed by atoms with E-state index in [4.69, 9.17) is 4.74 Å². The molecule has 0 bridgehead atoms. The zero-order valence-electron chi connectivity index (χ0n) is 16.5. The number of amides is 1. The molecular formula is C25H26N2O2. The maximum Gasteiger partial charge on any atom is 0.261 e. The minimum Gasteiger partial charge on any atom is -0.484 e. The summed E-state index contributed by atoms with van der Waals surface area (Å²) in [6.45, 7) is 2.70. The standard InChI is InChI=1S/C25H26N2O2/c28-25(18-29-23-13-10-19-6-4-5-9-21(19)16-23)27-15-14-26(22-11-12-22)17-24(27)20-7-2-1-3-8-20/h1-10,13,16,22,24H,11-12,14-15,17-18H2. The average molecular weight is 386 g/mol. The summed E-state index contributed by atoms with van der Waals surface area (Å²) in [5.74, 6) is 0.799. The summed E-state index contributed by atoms with van der Waals surface area (Å²) < 4.78 is 5.90. The van der Waals surface area contributed by atoms with Gasteiger partial charge in [-0.2, -0.15) is 0 Å². The first kappa shape index (κ1) is 18.2. The molecule has 1 saturated carbocycles. The van der Waals surface area contributed by atoms with Crippen LogP contribution in [0.25, 0.3) is 10.8 Å².